The van der Waals surface area contributed by atoms with Crippen LogP contribution >= 0.6 is 11.3 Å². The third kappa shape index (κ3) is 2.69. The number of hydrogen-bond acceptors (Lipinski definition) is 2. The zero-order valence-corrected chi connectivity index (χ0v) is 8.03. The van der Waals surface area contributed by atoms with Gasteiger partial charge in [0.1, 0.15) is 0 Å². The molecule has 64 valence electrons. The Bertz CT molecular complexity index is 245. The monoisotopic (exact) mass is 179 g/mol. The predicted molar refractivity (Wildman–Crippen MR) is 54.2 cm³/mol. The molecule has 1 aromatic heterocycles. The summed E-state index contributed by atoms with van der Waals surface area (Å²) < 4.78 is 0. The fraction of sp³-hybridized carbons (Fsp3) is 0.400. The van der Waals surface area contributed by atoms with E-state index in [1.165, 1.54) is 4.88 Å². The quantitative estimate of drug-likeness (QED) is 0.553. The first kappa shape index (κ1) is 9.31. The molecule has 0 radical (unpaired) electrons. The van der Waals surface area contributed by atoms with E-state index in [4.69, 9.17) is 6.42 Å². The van der Waals surface area contributed by atoms with Crippen LogP contribution in [0.15, 0.2) is 17.5 Å². The average Bonchev–Trinajstić information content (AvgIpc) is 2.56. The molecule has 0 bridgehead atoms. The van der Waals surface area contributed by atoms with Crippen molar-refractivity contribution in [3.05, 3.63) is 22.4 Å². The van der Waals surface area contributed by atoms with Crippen LogP contribution in [0.4, 0.5) is 0 Å². The molecule has 0 aliphatic rings. The lowest BCUT2D eigenvalue weighted by Crippen LogP contribution is -2.18. The van der Waals surface area contributed by atoms with E-state index in [2.05, 4.69) is 35.7 Å². The SMILES string of the molecule is C#CCCNC(C)c1cccs1. The number of rotatable bonds is 4. The van der Waals surface area contributed by atoms with E-state index in [0.717, 1.165) is 13.0 Å². The summed E-state index contributed by atoms with van der Waals surface area (Å²) in [5, 5.41) is 5.45. The Labute approximate surface area is 77.8 Å². The van der Waals surface area contributed by atoms with E-state index < -0.39 is 0 Å². The van der Waals surface area contributed by atoms with Crippen molar-refractivity contribution in [3.63, 3.8) is 0 Å². The molecular weight excluding hydrogens is 166 g/mol. The molecule has 0 fully saturated rings. The Morgan fingerprint density at radius 2 is 2.58 bits per heavy atom. The highest BCUT2D eigenvalue weighted by Gasteiger charge is 2.03. The van der Waals surface area contributed by atoms with Crippen LogP contribution < -0.4 is 5.32 Å². The zero-order chi connectivity index (χ0) is 8.81. The largest absolute Gasteiger partial charge is 0.309 e. The molecule has 1 N–H and O–H groups in total. The molecular formula is C10H13NS. The van der Waals surface area contributed by atoms with E-state index in [1.807, 2.05) is 0 Å². The summed E-state index contributed by atoms with van der Waals surface area (Å²) in [4.78, 5) is 1.37. The third-order valence-corrected chi connectivity index (χ3v) is 2.74. The lowest BCUT2D eigenvalue weighted by molar-refractivity contribution is 0.592. The second-order valence-electron chi connectivity index (χ2n) is 2.65. The second kappa shape index (κ2) is 4.97. The fourth-order valence-corrected chi connectivity index (χ4v) is 1.76. The van der Waals surface area contributed by atoms with Gasteiger partial charge in [0, 0.05) is 23.9 Å². The van der Waals surface area contributed by atoms with Crippen LogP contribution in [0.25, 0.3) is 0 Å². The van der Waals surface area contributed by atoms with Crippen molar-refractivity contribution in [1.29, 1.82) is 0 Å². The summed E-state index contributed by atoms with van der Waals surface area (Å²) in [5.41, 5.74) is 0. The van der Waals surface area contributed by atoms with Gasteiger partial charge in [-0.05, 0) is 18.4 Å². The van der Waals surface area contributed by atoms with Crippen molar-refractivity contribution in [2.45, 2.75) is 19.4 Å². The van der Waals surface area contributed by atoms with Gasteiger partial charge < -0.3 is 5.32 Å². The van der Waals surface area contributed by atoms with Crippen molar-refractivity contribution < 1.29 is 0 Å². The van der Waals surface area contributed by atoms with Crippen molar-refractivity contribution in [1.82, 2.24) is 5.32 Å². The van der Waals surface area contributed by atoms with Gasteiger partial charge in [-0.1, -0.05) is 6.07 Å². The predicted octanol–water partition coefficient (Wildman–Crippen LogP) is 2.42. The van der Waals surface area contributed by atoms with Gasteiger partial charge in [0.15, 0.2) is 0 Å². The zero-order valence-electron chi connectivity index (χ0n) is 7.21. The smallest absolute Gasteiger partial charge is 0.0386 e. The molecule has 1 unspecified atom stereocenters. The lowest BCUT2D eigenvalue weighted by Gasteiger charge is -2.09. The van der Waals surface area contributed by atoms with Crippen LogP contribution in [0.3, 0.4) is 0 Å². The van der Waals surface area contributed by atoms with E-state index >= 15 is 0 Å². The molecule has 1 aromatic rings. The van der Waals surface area contributed by atoms with Gasteiger partial charge in [0.2, 0.25) is 0 Å². The first-order valence-corrected chi connectivity index (χ1v) is 4.93. The molecule has 0 aliphatic heterocycles. The third-order valence-electron chi connectivity index (χ3n) is 1.69. The van der Waals surface area contributed by atoms with Crippen LogP contribution in [-0.2, 0) is 0 Å². The topological polar surface area (TPSA) is 12.0 Å². The molecule has 0 saturated heterocycles. The van der Waals surface area contributed by atoms with Crippen molar-refractivity contribution in [2.75, 3.05) is 6.54 Å². The van der Waals surface area contributed by atoms with Gasteiger partial charge in [-0.3, -0.25) is 0 Å². The highest BCUT2D eigenvalue weighted by Crippen LogP contribution is 2.17. The number of nitrogens with one attached hydrogen (secondary N) is 1. The highest BCUT2D eigenvalue weighted by molar-refractivity contribution is 7.10. The fourth-order valence-electron chi connectivity index (χ4n) is 0.999. The summed E-state index contributed by atoms with van der Waals surface area (Å²) in [6, 6.07) is 4.63. The van der Waals surface area contributed by atoms with Gasteiger partial charge in [-0.2, -0.15) is 0 Å². The van der Waals surface area contributed by atoms with Crippen LogP contribution in [0.1, 0.15) is 24.3 Å². The molecule has 0 aliphatic carbocycles. The van der Waals surface area contributed by atoms with Gasteiger partial charge >= 0.3 is 0 Å². The summed E-state index contributed by atoms with van der Waals surface area (Å²) >= 11 is 1.77. The number of terminal acetylenes is 1. The van der Waals surface area contributed by atoms with Crippen LogP contribution in [-0.4, -0.2) is 6.54 Å². The van der Waals surface area contributed by atoms with E-state index in [0.29, 0.717) is 6.04 Å². The van der Waals surface area contributed by atoms with Gasteiger partial charge in [0.25, 0.3) is 0 Å². The van der Waals surface area contributed by atoms with E-state index in [-0.39, 0.29) is 0 Å². The Balaban J connectivity index is 2.30. The number of thiophene rings is 1. The maximum Gasteiger partial charge on any atom is 0.0386 e. The Kier molecular flexibility index (Phi) is 3.86. The molecule has 1 rings (SSSR count). The Morgan fingerprint density at radius 3 is 3.17 bits per heavy atom. The Morgan fingerprint density at radius 1 is 1.75 bits per heavy atom. The van der Waals surface area contributed by atoms with Gasteiger partial charge in [0.05, 0.1) is 0 Å². The minimum Gasteiger partial charge on any atom is -0.309 e. The first-order valence-electron chi connectivity index (χ1n) is 4.05. The standard InChI is InChI=1S/C10H13NS/c1-3-4-7-11-9(2)10-6-5-8-12-10/h1,5-6,8-9,11H,4,7H2,2H3. The van der Waals surface area contributed by atoms with Crippen LogP contribution in [0.2, 0.25) is 0 Å². The van der Waals surface area contributed by atoms with Gasteiger partial charge in [-0.25, -0.2) is 0 Å². The van der Waals surface area contributed by atoms with Crippen LogP contribution in [0, 0.1) is 12.3 Å². The maximum absolute atomic E-state index is 5.15. The molecule has 0 amide bonds. The van der Waals surface area contributed by atoms with E-state index in [9.17, 15) is 0 Å². The highest BCUT2D eigenvalue weighted by atomic mass is 32.1. The Hall–Kier alpha value is -0.780. The molecule has 12 heavy (non-hydrogen) atoms. The van der Waals surface area contributed by atoms with Crippen molar-refractivity contribution in [3.8, 4) is 12.3 Å². The summed E-state index contributed by atoms with van der Waals surface area (Å²) in [5.74, 6) is 2.61. The summed E-state index contributed by atoms with van der Waals surface area (Å²) in [7, 11) is 0. The molecule has 0 saturated carbocycles. The average molecular weight is 179 g/mol. The summed E-state index contributed by atoms with van der Waals surface area (Å²) in [6.07, 6.45) is 5.95. The first-order chi connectivity index (χ1) is 5.84. The molecule has 2 heteroatoms. The molecule has 1 atom stereocenters. The second-order valence-corrected chi connectivity index (χ2v) is 3.62. The molecule has 1 heterocycles. The minimum atomic E-state index is 0.429. The molecule has 0 aromatic carbocycles. The maximum atomic E-state index is 5.15. The van der Waals surface area contributed by atoms with E-state index in [1.54, 1.807) is 11.3 Å². The molecule has 0 spiro atoms. The minimum absolute atomic E-state index is 0.429. The molecule has 1 nitrogen and oxygen atoms in total. The summed E-state index contributed by atoms with van der Waals surface area (Å²) in [6.45, 7) is 3.05. The number of hydrogen-bond donors (Lipinski definition) is 1. The van der Waals surface area contributed by atoms with Crippen LogP contribution in [0.5, 0.6) is 0 Å². The lowest BCUT2D eigenvalue weighted by atomic mass is 10.2. The van der Waals surface area contributed by atoms with Crippen molar-refractivity contribution >= 4 is 11.3 Å². The van der Waals surface area contributed by atoms with Crippen molar-refractivity contribution in [2.24, 2.45) is 0 Å². The normalized spacial score (nSPS) is 12.3. The van der Waals surface area contributed by atoms with Gasteiger partial charge in [-0.15, -0.1) is 23.7 Å².